The van der Waals surface area contributed by atoms with Gasteiger partial charge in [0.2, 0.25) is 5.88 Å². The van der Waals surface area contributed by atoms with Gasteiger partial charge in [-0.2, -0.15) is 10.1 Å². The van der Waals surface area contributed by atoms with E-state index in [4.69, 9.17) is 9.84 Å². The predicted molar refractivity (Wildman–Crippen MR) is 113 cm³/mol. The number of nitrogens with zero attached hydrogens (tertiary/aromatic N) is 7. The average Bonchev–Trinajstić information content (AvgIpc) is 3.21. The van der Waals surface area contributed by atoms with Gasteiger partial charge in [-0.25, -0.2) is 14.5 Å². The number of aryl methyl sites for hydroxylation is 3. The van der Waals surface area contributed by atoms with Crippen molar-refractivity contribution < 1.29 is 4.74 Å². The summed E-state index contributed by atoms with van der Waals surface area (Å²) >= 11 is 1.57. The fraction of sp³-hybridized carbons (Fsp3) is 0.400. The zero-order valence-corrected chi connectivity index (χ0v) is 17.8. The van der Waals surface area contributed by atoms with E-state index < -0.39 is 0 Å². The Bertz CT molecular complexity index is 1200. The van der Waals surface area contributed by atoms with E-state index in [-0.39, 0.29) is 0 Å². The van der Waals surface area contributed by atoms with Crippen molar-refractivity contribution in [3.8, 4) is 5.88 Å². The maximum Gasteiger partial charge on any atom is 0.218 e. The number of rotatable bonds is 7. The van der Waals surface area contributed by atoms with Crippen LogP contribution in [-0.2, 0) is 6.54 Å². The molecule has 4 aromatic heterocycles. The van der Waals surface area contributed by atoms with Gasteiger partial charge in [-0.05, 0) is 39.3 Å². The zero-order valence-electron chi connectivity index (χ0n) is 17.0. The first-order chi connectivity index (χ1) is 14.5. The van der Waals surface area contributed by atoms with Crippen LogP contribution >= 0.6 is 11.3 Å². The molecule has 4 heterocycles. The fourth-order valence-corrected chi connectivity index (χ4v) is 4.13. The van der Waals surface area contributed by atoms with Gasteiger partial charge in [0.05, 0.1) is 30.7 Å². The zero-order chi connectivity index (χ0) is 20.7. The largest absolute Gasteiger partial charge is 0.477 e. The summed E-state index contributed by atoms with van der Waals surface area (Å²) in [5.74, 6) is 2.82. The summed E-state index contributed by atoms with van der Waals surface area (Å²) < 4.78 is 7.84. The molecule has 2 atom stereocenters. The molecular formula is C20H22N8OS. The quantitative estimate of drug-likeness (QED) is 0.485. The monoisotopic (exact) mass is 422 g/mol. The van der Waals surface area contributed by atoms with Crippen LogP contribution in [0.25, 0.3) is 5.65 Å². The van der Waals surface area contributed by atoms with Gasteiger partial charge in [-0.1, -0.05) is 11.3 Å². The van der Waals surface area contributed by atoms with Crippen LogP contribution in [-0.4, -0.2) is 41.4 Å². The third-order valence-electron chi connectivity index (χ3n) is 5.01. The Morgan fingerprint density at radius 1 is 1.17 bits per heavy atom. The Labute approximate surface area is 177 Å². The molecule has 9 nitrogen and oxygen atoms in total. The normalized spacial score (nSPS) is 18.0. The molecule has 5 rings (SSSR count). The van der Waals surface area contributed by atoms with Crippen molar-refractivity contribution in [2.45, 2.75) is 39.7 Å². The van der Waals surface area contributed by atoms with E-state index in [0.29, 0.717) is 36.7 Å². The van der Waals surface area contributed by atoms with Crippen LogP contribution < -0.4 is 10.1 Å². The van der Waals surface area contributed by atoms with Gasteiger partial charge in [0.1, 0.15) is 21.7 Å². The van der Waals surface area contributed by atoms with Crippen LogP contribution in [0.1, 0.15) is 39.6 Å². The molecule has 4 aromatic rings. The highest BCUT2D eigenvalue weighted by Crippen LogP contribution is 2.46. The van der Waals surface area contributed by atoms with Gasteiger partial charge in [-0.15, -0.1) is 10.2 Å². The first-order valence-electron chi connectivity index (χ1n) is 9.88. The topological polar surface area (TPSA) is 103 Å². The molecule has 1 aliphatic carbocycles. The fourth-order valence-electron chi connectivity index (χ4n) is 3.48. The van der Waals surface area contributed by atoms with Crippen LogP contribution in [0, 0.1) is 26.7 Å². The summed E-state index contributed by atoms with van der Waals surface area (Å²) in [7, 11) is 0. The first kappa shape index (κ1) is 18.9. The van der Waals surface area contributed by atoms with E-state index in [0.717, 1.165) is 39.3 Å². The Kier molecular flexibility index (Phi) is 4.78. The molecule has 1 saturated carbocycles. The van der Waals surface area contributed by atoms with E-state index in [1.807, 2.05) is 43.6 Å². The lowest BCUT2D eigenvalue weighted by Gasteiger charge is -2.09. The standard InChI is InChI=1S/C20H22N8OS/c1-11-9-28-18(22-11)5-4-16(27-28)15-6-14(15)10-29-19-7-17(23-12(2)24-19)21-8-20-26-25-13(3)30-20/h4-5,7,9,14-15H,6,8,10H2,1-3H3,(H,21,23,24)/t14-,15+/m1/s1. The minimum Gasteiger partial charge on any atom is -0.477 e. The van der Waals surface area contributed by atoms with E-state index in [2.05, 4.69) is 36.5 Å². The van der Waals surface area contributed by atoms with Crippen molar-refractivity contribution in [2.24, 2.45) is 5.92 Å². The number of ether oxygens (including phenoxy) is 1. The lowest BCUT2D eigenvalue weighted by atomic mass is 10.2. The van der Waals surface area contributed by atoms with Crippen molar-refractivity contribution in [3.63, 3.8) is 0 Å². The molecule has 30 heavy (non-hydrogen) atoms. The van der Waals surface area contributed by atoms with Crippen LogP contribution in [0.2, 0.25) is 0 Å². The number of hydrogen-bond acceptors (Lipinski definition) is 9. The lowest BCUT2D eigenvalue weighted by molar-refractivity contribution is 0.284. The van der Waals surface area contributed by atoms with Crippen LogP contribution in [0.15, 0.2) is 24.4 Å². The molecular weight excluding hydrogens is 400 g/mol. The Hall–Kier alpha value is -3.14. The van der Waals surface area contributed by atoms with Crippen LogP contribution in [0.3, 0.4) is 0 Å². The molecule has 1 N–H and O–H groups in total. The van der Waals surface area contributed by atoms with Gasteiger partial charge in [0, 0.05) is 17.9 Å². The van der Waals surface area contributed by atoms with E-state index in [1.165, 1.54) is 0 Å². The Morgan fingerprint density at radius 3 is 2.90 bits per heavy atom. The number of nitrogens with one attached hydrogen (secondary N) is 1. The van der Waals surface area contributed by atoms with E-state index in [1.54, 1.807) is 11.3 Å². The van der Waals surface area contributed by atoms with Gasteiger partial charge in [0.15, 0.2) is 5.65 Å². The first-order valence-corrected chi connectivity index (χ1v) is 10.7. The summed E-state index contributed by atoms with van der Waals surface area (Å²) in [6.45, 7) is 6.97. The molecule has 1 aliphatic rings. The number of anilines is 1. The van der Waals surface area contributed by atoms with Crippen molar-refractivity contribution in [1.82, 2.24) is 34.8 Å². The van der Waals surface area contributed by atoms with E-state index >= 15 is 0 Å². The highest BCUT2D eigenvalue weighted by molar-refractivity contribution is 7.11. The van der Waals surface area contributed by atoms with Crippen molar-refractivity contribution >= 4 is 22.8 Å². The molecule has 154 valence electrons. The summed E-state index contributed by atoms with van der Waals surface area (Å²) in [5, 5.41) is 18.0. The second kappa shape index (κ2) is 7.60. The number of aromatic nitrogens is 7. The van der Waals surface area contributed by atoms with Crippen LogP contribution in [0.5, 0.6) is 5.88 Å². The van der Waals surface area contributed by atoms with Gasteiger partial charge >= 0.3 is 0 Å². The Morgan fingerprint density at radius 2 is 2.07 bits per heavy atom. The molecule has 0 amide bonds. The molecule has 0 aliphatic heterocycles. The number of imidazole rings is 1. The number of fused-ring (bicyclic) bond motifs is 1. The van der Waals surface area contributed by atoms with Gasteiger partial charge in [0.25, 0.3) is 0 Å². The third kappa shape index (κ3) is 4.09. The predicted octanol–water partition coefficient (Wildman–Crippen LogP) is 3.09. The second-order valence-electron chi connectivity index (χ2n) is 7.56. The maximum absolute atomic E-state index is 5.99. The molecule has 0 spiro atoms. The van der Waals surface area contributed by atoms with E-state index in [9.17, 15) is 0 Å². The van der Waals surface area contributed by atoms with Crippen molar-refractivity contribution in [2.75, 3.05) is 11.9 Å². The summed E-state index contributed by atoms with van der Waals surface area (Å²) in [5.41, 5.74) is 2.94. The summed E-state index contributed by atoms with van der Waals surface area (Å²) in [6, 6.07) is 5.92. The molecule has 0 radical (unpaired) electrons. The molecule has 0 unspecified atom stereocenters. The SMILES string of the molecule is Cc1cn2nc([C@H]3C[C@@H]3COc3cc(NCc4nnc(C)s4)nc(C)n3)ccc2n1. The molecule has 1 fully saturated rings. The molecule has 0 aromatic carbocycles. The highest BCUT2D eigenvalue weighted by atomic mass is 32.1. The smallest absolute Gasteiger partial charge is 0.218 e. The summed E-state index contributed by atoms with van der Waals surface area (Å²) in [6.07, 6.45) is 3.02. The third-order valence-corrected chi connectivity index (χ3v) is 5.85. The maximum atomic E-state index is 5.99. The average molecular weight is 423 g/mol. The van der Waals surface area contributed by atoms with Crippen molar-refractivity contribution in [3.05, 3.63) is 51.6 Å². The summed E-state index contributed by atoms with van der Waals surface area (Å²) in [4.78, 5) is 13.3. The Balaban J connectivity index is 1.19. The van der Waals surface area contributed by atoms with Gasteiger partial charge < -0.3 is 10.1 Å². The minimum atomic E-state index is 0.415. The van der Waals surface area contributed by atoms with Crippen LogP contribution in [0.4, 0.5) is 5.82 Å². The molecule has 10 heteroatoms. The van der Waals surface area contributed by atoms with Crippen molar-refractivity contribution in [1.29, 1.82) is 0 Å². The highest BCUT2D eigenvalue weighted by Gasteiger charge is 2.40. The number of hydrogen-bond donors (Lipinski definition) is 1. The molecule has 0 bridgehead atoms. The lowest BCUT2D eigenvalue weighted by Crippen LogP contribution is -2.07. The van der Waals surface area contributed by atoms with Gasteiger partial charge in [-0.3, -0.25) is 0 Å². The molecule has 0 saturated heterocycles. The minimum absolute atomic E-state index is 0.415. The second-order valence-corrected chi connectivity index (χ2v) is 8.83.